The van der Waals surface area contributed by atoms with Crippen molar-refractivity contribution < 1.29 is 9.90 Å². The Bertz CT molecular complexity index is 624. The summed E-state index contributed by atoms with van der Waals surface area (Å²) < 4.78 is 2.03. The van der Waals surface area contributed by atoms with Crippen LogP contribution in [-0.4, -0.2) is 39.7 Å². The van der Waals surface area contributed by atoms with Crippen LogP contribution < -0.4 is 0 Å². The van der Waals surface area contributed by atoms with Gasteiger partial charge in [0.05, 0.1) is 6.10 Å². The molecule has 0 unspecified atom stereocenters. The zero-order valence-corrected chi connectivity index (χ0v) is 11.7. The topological polar surface area (TPSA) is 45.5 Å². The first-order valence-corrected chi connectivity index (χ1v) is 7.15. The van der Waals surface area contributed by atoms with E-state index in [1.165, 1.54) is 10.9 Å². The van der Waals surface area contributed by atoms with Crippen molar-refractivity contribution in [2.45, 2.75) is 32.4 Å². The molecule has 0 bridgehead atoms. The Balaban J connectivity index is 1.78. The van der Waals surface area contributed by atoms with Crippen LogP contribution in [0, 0.1) is 6.92 Å². The van der Waals surface area contributed by atoms with Crippen LogP contribution >= 0.6 is 0 Å². The van der Waals surface area contributed by atoms with Gasteiger partial charge in [0.2, 0.25) is 5.91 Å². The molecule has 1 amide bonds. The van der Waals surface area contributed by atoms with Crippen molar-refractivity contribution in [3.05, 3.63) is 36.0 Å². The Labute approximate surface area is 118 Å². The molecule has 0 radical (unpaired) electrons. The van der Waals surface area contributed by atoms with E-state index in [4.69, 9.17) is 0 Å². The first-order valence-electron chi connectivity index (χ1n) is 7.15. The highest BCUT2D eigenvalue weighted by molar-refractivity contribution is 5.86. The van der Waals surface area contributed by atoms with Crippen LogP contribution in [-0.2, 0) is 11.3 Å². The molecule has 106 valence electrons. The number of aromatic nitrogens is 1. The Morgan fingerprint density at radius 2 is 2.00 bits per heavy atom. The summed E-state index contributed by atoms with van der Waals surface area (Å²) in [6.45, 7) is 3.78. The second-order valence-electron chi connectivity index (χ2n) is 5.57. The molecule has 20 heavy (non-hydrogen) atoms. The molecule has 0 aliphatic carbocycles. The molecule has 1 saturated heterocycles. The molecule has 4 heteroatoms. The number of amides is 1. The molecule has 4 nitrogen and oxygen atoms in total. The molecule has 1 fully saturated rings. The fourth-order valence-electron chi connectivity index (χ4n) is 2.92. The summed E-state index contributed by atoms with van der Waals surface area (Å²) >= 11 is 0. The minimum Gasteiger partial charge on any atom is -0.393 e. The third kappa shape index (κ3) is 2.43. The second kappa shape index (κ2) is 5.29. The van der Waals surface area contributed by atoms with Gasteiger partial charge in [-0.15, -0.1) is 0 Å². The third-order valence-corrected chi connectivity index (χ3v) is 4.11. The monoisotopic (exact) mass is 272 g/mol. The molecule has 3 rings (SSSR count). The Morgan fingerprint density at radius 3 is 2.75 bits per heavy atom. The van der Waals surface area contributed by atoms with Crippen LogP contribution in [0.15, 0.2) is 30.5 Å². The predicted octanol–water partition coefficient (Wildman–Crippen LogP) is 1.93. The largest absolute Gasteiger partial charge is 0.393 e. The number of likely N-dealkylation sites (tertiary alicyclic amines) is 1. The molecule has 1 N–H and O–H groups in total. The van der Waals surface area contributed by atoms with Gasteiger partial charge in [0.15, 0.2) is 0 Å². The molecule has 0 spiro atoms. The number of nitrogens with zero attached hydrogens (tertiary/aromatic N) is 2. The fraction of sp³-hybridized carbons (Fsp3) is 0.438. The lowest BCUT2D eigenvalue weighted by molar-refractivity contribution is -0.133. The van der Waals surface area contributed by atoms with E-state index < -0.39 is 0 Å². The minimum absolute atomic E-state index is 0.137. The van der Waals surface area contributed by atoms with E-state index in [2.05, 4.69) is 19.1 Å². The van der Waals surface area contributed by atoms with E-state index in [-0.39, 0.29) is 12.0 Å². The molecule has 2 heterocycles. The maximum absolute atomic E-state index is 12.4. The summed E-state index contributed by atoms with van der Waals surface area (Å²) in [7, 11) is 0. The second-order valence-corrected chi connectivity index (χ2v) is 5.57. The lowest BCUT2D eigenvalue weighted by atomic mass is 10.1. The smallest absolute Gasteiger partial charge is 0.242 e. The molecule has 2 aromatic rings. The minimum atomic E-state index is -0.242. The number of benzene rings is 1. The molecule has 1 aromatic carbocycles. The van der Waals surface area contributed by atoms with Crippen LogP contribution in [0.4, 0.5) is 0 Å². The van der Waals surface area contributed by atoms with Gasteiger partial charge in [-0.1, -0.05) is 18.2 Å². The standard InChI is InChI=1S/C16H20N2O2/c1-12-10-18(15-5-3-2-4-14(12)15)11-16(20)17-8-6-13(19)7-9-17/h2-5,10,13,19H,6-9,11H2,1H3. The number of hydrogen-bond donors (Lipinski definition) is 1. The van der Waals surface area contributed by atoms with Gasteiger partial charge in [-0.2, -0.15) is 0 Å². The lowest BCUT2D eigenvalue weighted by Gasteiger charge is -2.29. The van der Waals surface area contributed by atoms with Crippen molar-refractivity contribution in [1.82, 2.24) is 9.47 Å². The Morgan fingerprint density at radius 1 is 1.30 bits per heavy atom. The summed E-state index contributed by atoms with van der Waals surface area (Å²) in [4.78, 5) is 14.2. The highest BCUT2D eigenvalue weighted by Gasteiger charge is 2.21. The summed E-state index contributed by atoms with van der Waals surface area (Å²) in [5.41, 5.74) is 2.30. The third-order valence-electron chi connectivity index (χ3n) is 4.11. The number of aryl methyl sites for hydroxylation is 1. The van der Waals surface area contributed by atoms with Crippen LogP contribution in [0.1, 0.15) is 18.4 Å². The zero-order chi connectivity index (χ0) is 14.1. The van der Waals surface area contributed by atoms with Gasteiger partial charge in [-0.3, -0.25) is 4.79 Å². The predicted molar refractivity (Wildman–Crippen MR) is 78.5 cm³/mol. The number of piperidine rings is 1. The summed E-state index contributed by atoms with van der Waals surface area (Å²) in [5.74, 6) is 0.137. The first-order chi connectivity index (χ1) is 9.65. The maximum Gasteiger partial charge on any atom is 0.242 e. The van der Waals surface area contributed by atoms with Gasteiger partial charge in [-0.25, -0.2) is 0 Å². The van der Waals surface area contributed by atoms with E-state index in [1.54, 1.807) is 0 Å². The lowest BCUT2D eigenvalue weighted by Crippen LogP contribution is -2.41. The number of carbonyl (C=O) groups excluding carboxylic acids is 1. The summed E-state index contributed by atoms with van der Waals surface area (Å²) in [6.07, 6.45) is 3.18. The van der Waals surface area contributed by atoms with Gasteiger partial charge in [0, 0.05) is 30.2 Å². The van der Waals surface area contributed by atoms with Crippen molar-refractivity contribution in [3.63, 3.8) is 0 Å². The van der Waals surface area contributed by atoms with E-state index >= 15 is 0 Å². The normalized spacial score (nSPS) is 16.8. The van der Waals surface area contributed by atoms with Gasteiger partial charge >= 0.3 is 0 Å². The number of carbonyl (C=O) groups is 1. The number of aliphatic hydroxyl groups is 1. The van der Waals surface area contributed by atoms with Crippen LogP contribution in [0.25, 0.3) is 10.9 Å². The van der Waals surface area contributed by atoms with Crippen molar-refractivity contribution in [3.8, 4) is 0 Å². The number of para-hydroxylation sites is 1. The summed E-state index contributed by atoms with van der Waals surface area (Å²) in [5, 5.41) is 10.7. The average Bonchev–Trinajstić information content (AvgIpc) is 2.77. The quantitative estimate of drug-likeness (QED) is 0.908. The van der Waals surface area contributed by atoms with Crippen molar-refractivity contribution in [1.29, 1.82) is 0 Å². The van der Waals surface area contributed by atoms with E-state index in [0.29, 0.717) is 32.5 Å². The maximum atomic E-state index is 12.4. The van der Waals surface area contributed by atoms with Gasteiger partial charge in [-0.05, 0) is 31.4 Å². The van der Waals surface area contributed by atoms with Crippen LogP contribution in [0.5, 0.6) is 0 Å². The number of hydrogen-bond acceptors (Lipinski definition) is 2. The molecule has 1 aliphatic heterocycles. The molecule has 0 atom stereocenters. The SMILES string of the molecule is Cc1cn(CC(=O)N2CCC(O)CC2)c2ccccc12. The van der Waals surface area contributed by atoms with E-state index in [9.17, 15) is 9.90 Å². The number of rotatable bonds is 2. The zero-order valence-electron chi connectivity index (χ0n) is 11.7. The molecular formula is C16H20N2O2. The highest BCUT2D eigenvalue weighted by Crippen LogP contribution is 2.20. The Hall–Kier alpha value is -1.81. The molecule has 0 saturated carbocycles. The number of fused-ring (bicyclic) bond motifs is 1. The van der Waals surface area contributed by atoms with Gasteiger partial charge in [0.25, 0.3) is 0 Å². The van der Waals surface area contributed by atoms with Crippen LogP contribution in [0.2, 0.25) is 0 Å². The fourth-order valence-corrected chi connectivity index (χ4v) is 2.92. The molecule has 1 aliphatic rings. The van der Waals surface area contributed by atoms with Crippen molar-refractivity contribution >= 4 is 16.8 Å². The van der Waals surface area contributed by atoms with E-state index in [1.807, 2.05) is 27.8 Å². The Kier molecular flexibility index (Phi) is 3.49. The average molecular weight is 272 g/mol. The van der Waals surface area contributed by atoms with E-state index in [0.717, 1.165) is 5.52 Å². The van der Waals surface area contributed by atoms with Gasteiger partial charge < -0.3 is 14.6 Å². The molecule has 1 aromatic heterocycles. The molecular weight excluding hydrogens is 252 g/mol. The van der Waals surface area contributed by atoms with Crippen LogP contribution in [0.3, 0.4) is 0 Å². The van der Waals surface area contributed by atoms with Gasteiger partial charge in [0.1, 0.15) is 6.54 Å². The van der Waals surface area contributed by atoms with Crippen molar-refractivity contribution in [2.24, 2.45) is 0 Å². The number of aliphatic hydroxyl groups excluding tert-OH is 1. The highest BCUT2D eigenvalue weighted by atomic mass is 16.3. The first kappa shape index (κ1) is 13.2. The van der Waals surface area contributed by atoms with Crippen molar-refractivity contribution in [2.75, 3.05) is 13.1 Å². The summed E-state index contributed by atoms with van der Waals surface area (Å²) in [6, 6.07) is 8.16.